The van der Waals surface area contributed by atoms with Crippen LogP contribution in [0.4, 0.5) is 5.82 Å². The first-order valence-corrected chi connectivity index (χ1v) is 10.4. The minimum Gasteiger partial charge on any atom is -0.481 e. The van der Waals surface area contributed by atoms with E-state index < -0.39 is 11.8 Å². The zero-order valence-corrected chi connectivity index (χ0v) is 16.8. The van der Waals surface area contributed by atoms with Crippen molar-refractivity contribution in [2.75, 3.05) is 11.5 Å². The number of fused-ring (bicyclic) bond motifs is 2. The van der Waals surface area contributed by atoms with Gasteiger partial charge in [0.25, 0.3) is 0 Å². The number of aromatic nitrogens is 5. The summed E-state index contributed by atoms with van der Waals surface area (Å²) in [6, 6.07) is -0.237. The molecular formula is C17H24N6O4S. The number of rotatable bonds is 6. The Hall–Kier alpha value is -1.98. The van der Waals surface area contributed by atoms with E-state index in [1.54, 1.807) is 4.68 Å². The minimum atomic E-state index is -0.856. The van der Waals surface area contributed by atoms with Gasteiger partial charge in [-0.15, -0.1) is 5.10 Å². The minimum absolute atomic E-state index is 0.0124. The quantitative estimate of drug-likeness (QED) is 0.538. The number of aliphatic carboxylic acids is 1. The molecule has 1 aliphatic heterocycles. The summed E-state index contributed by atoms with van der Waals surface area (Å²) in [6.45, 7) is 5.75. The number of ether oxygens (including phenoxy) is 2. The summed E-state index contributed by atoms with van der Waals surface area (Å²) in [7, 11) is 0. The lowest BCUT2D eigenvalue weighted by Gasteiger charge is -2.23. The Balaban J connectivity index is 1.72. The Labute approximate surface area is 166 Å². The van der Waals surface area contributed by atoms with Gasteiger partial charge in [0.1, 0.15) is 6.10 Å². The van der Waals surface area contributed by atoms with Crippen molar-refractivity contribution in [3.8, 4) is 0 Å². The monoisotopic (exact) mass is 408 g/mol. The molecule has 0 bridgehead atoms. The lowest BCUT2D eigenvalue weighted by molar-refractivity contribution is -0.163. The summed E-state index contributed by atoms with van der Waals surface area (Å²) in [5.41, 5.74) is 7.05. The highest BCUT2D eigenvalue weighted by Gasteiger charge is 2.55. The molecule has 2 fully saturated rings. The zero-order valence-electron chi connectivity index (χ0n) is 16.0. The fraction of sp³-hybridized carbons (Fsp3) is 0.706. The molecule has 4 unspecified atom stereocenters. The van der Waals surface area contributed by atoms with Crippen LogP contribution in [-0.4, -0.2) is 59.8 Å². The maximum Gasteiger partial charge on any atom is 0.303 e. The number of nitrogens with zero attached hydrogens (tertiary/aromatic N) is 5. The van der Waals surface area contributed by atoms with E-state index in [9.17, 15) is 9.90 Å². The number of hydrogen-bond donors (Lipinski definition) is 2. The SMILES string of the molecule is CCCSc1nc(N)c2nnn(C3CC(CC(=O)O)C4OC(C)(C)OC43)c2n1. The number of thioether (sulfide) groups is 1. The van der Waals surface area contributed by atoms with Crippen molar-refractivity contribution >= 4 is 34.7 Å². The number of carboxylic acids is 1. The van der Waals surface area contributed by atoms with Crippen molar-refractivity contribution in [2.24, 2.45) is 5.92 Å². The third kappa shape index (κ3) is 3.42. The van der Waals surface area contributed by atoms with Gasteiger partial charge < -0.3 is 20.3 Å². The van der Waals surface area contributed by atoms with E-state index in [4.69, 9.17) is 15.2 Å². The van der Waals surface area contributed by atoms with Crippen molar-refractivity contribution in [3.63, 3.8) is 0 Å². The van der Waals surface area contributed by atoms with Gasteiger partial charge in [-0.05, 0) is 26.7 Å². The van der Waals surface area contributed by atoms with Crippen molar-refractivity contribution in [2.45, 2.75) is 69.2 Å². The van der Waals surface area contributed by atoms with E-state index in [0.29, 0.717) is 22.7 Å². The summed E-state index contributed by atoms with van der Waals surface area (Å²) >= 11 is 1.53. The highest BCUT2D eigenvalue weighted by Crippen LogP contribution is 2.48. The molecule has 11 heteroatoms. The second-order valence-electron chi connectivity index (χ2n) is 7.67. The van der Waals surface area contributed by atoms with Gasteiger partial charge in [0, 0.05) is 11.7 Å². The van der Waals surface area contributed by atoms with Crippen LogP contribution in [-0.2, 0) is 14.3 Å². The molecule has 2 aromatic rings. The standard InChI is InChI=1S/C17H24N6O4S/c1-4-5-28-16-19-14(18)11-15(20-16)23(22-21-11)9-6-8(7-10(24)25)12-13(9)27-17(2,3)26-12/h8-9,12-13H,4-7H2,1-3H3,(H,24,25)(H2,18,19,20). The molecule has 0 spiro atoms. The highest BCUT2D eigenvalue weighted by molar-refractivity contribution is 7.99. The lowest BCUT2D eigenvalue weighted by Crippen LogP contribution is -2.28. The molecule has 4 rings (SSSR count). The number of carbonyl (C=O) groups is 1. The van der Waals surface area contributed by atoms with Gasteiger partial charge in [-0.1, -0.05) is 23.9 Å². The molecule has 4 atom stereocenters. The number of nitrogens with two attached hydrogens (primary N) is 1. The van der Waals surface area contributed by atoms with Crippen LogP contribution in [0, 0.1) is 5.92 Å². The molecule has 0 amide bonds. The summed E-state index contributed by atoms with van der Waals surface area (Å²) in [5, 5.41) is 18.3. The van der Waals surface area contributed by atoms with Crippen LogP contribution in [0.3, 0.4) is 0 Å². The Morgan fingerprint density at radius 3 is 2.82 bits per heavy atom. The first-order chi connectivity index (χ1) is 13.3. The number of carboxylic acid groups (broad SMARTS) is 1. The molecule has 2 aromatic heterocycles. The normalized spacial score (nSPS) is 28.7. The van der Waals surface area contributed by atoms with Gasteiger partial charge in [0.2, 0.25) is 0 Å². The molecule has 3 N–H and O–H groups in total. The second kappa shape index (κ2) is 7.12. The van der Waals surface area contributed by atoms with Crippen molar-refractivity contribution in [1.29, 1.82) is 0 Å². The predicted octanol–water partition coefficient (Wildman–Crippen LogP) is 1.86. The third-order valence-electron chi connectivity index (χ3n) is 5.07. The smallest absolute Gasteiger partial charge is 0.303 e. The Kier molecular flexibility index (Phi) is 4.92. The average Bonchev–Trinajstić information content (AvgIpc) is 3.25. The molecule has 1 aliphatic carbocycles. The molecule has 0 aromatic carbocycles. The summed E-state index contributed by atoms with van der Waals surface area (Å²) < 4.78 is 13.8. The zero-order chi connectivity index (χ0) is 20.1. The van der Waals surface area contributed by atoms with Gasteiger partial charge in [0.05, 0.1) is 18.6 Å². The fourth-order valence-corrected chi connectivity index (χ4v) is 4.73. The topological polar surface area (TPSA) is 138 Å². The van der Waals surface area contributed by atoms with Gasteiger partial charge in [-0.3, -0.25) is 4.79 Å². The predicted molar refractivity (Wildman–Crippen MR) is 102 cm³/mol. The summed E-state index contributed by atoms with van der Waals surface area (Å²) in [4.78, 5) is 20.2. The first kappa shape index (κ1) is 19.3. The maximum absolute atomic E-state index is 11.3. The van der Waals surface area contributed by atoms with Gasteiger partial charge in [0.15, 0.2) is 27.9 Å². The number of nitrogen functional groups attached to an aromatic ring is 1. The molecular weight excluding hydrogens is 384 g/mol. The molecule has 152 valence electrons. The first-order valence-electron chi connectivity index (χ1n) is 9.37. The fourth-order valence-electron chi connectivity index (χ4n) is 4.03. The Bertz CT molecular complexity index is 903. The molecule has 28 heavy (non-hydrogen) atoms. The summed E-state index contributed by atoms with van der Waals surface area (Å²) in [5.74, 6) is -0.646. The van der Waals surface area contributed by atoms with Crippen LogP contribution in [0.5, 0.6) is 0 Å². The van der Waals surface area contributed by atoms with Gasteiger partial charge in [-0.25, -0.2) is 14.6 Å². The van der Waals surface area contributed by atoms with Crippen molar-refractivity contribution in [3.05, 3.63) is 0 Å². The van der Waals surface area contributed by atoms with E-state index in [1.165, 1.54) is 11.8 Å². The van der Waals surface area contributed by atoms with Gasteiger partial charge in [-0.2, -0.15) is 0 Å². The molecule has 3 heterocycles. The van der Waals surface area contributed by atoms with Crippen LogP contribution in [0.25, 0.3) is 11.2 Å². The van der Waals surface area contributed by atoms with Crippen LogP contribution < -0.4 is 5.73 Å². The lowest BCUT2D eigenvalue weighted by atomic mass is 10.0. The molecule has 10 nitrogen and oxygen atoms in total. The van der Waals surface area contributed by atoms with Crippen LogP contribution >= 0.6 is 11.8 Å². The van der Waals surface area contributed by atoms with Crippen LogP contribution in [0.2, 0.25) is 0 Å². The van der Waals surface area contributed by atoms with E-state index in [2.05, 4.69) is 27.2 Å². The van der Waals surface area contributed by atoms with Crippen molar-refractivity contribution < 1.29 is 19.4 Å². The molecule has 1 saturated carbocycles. The van der Waals surface area contributed by atoms with E-state index in [0.717, 1.165) is 12.2 Å². The molecule has 2 aliphatic rings. The second-order valence-corrected chi connectivity index (χ2v) is 8.73. The van der Waals surface area contributed by atoms with E-state index in [1.807, 2.05) is 13.8 Å². The third-order valence-corrected chi connectivity index (χ3v) is 6.12. The molecule has 0 radical (unpaired) electrons. The summed E-state index contributed by atoms with van der Waals surface area (Å²) in [6.07, 6.45) is 0.916. The highest BCUT2D eigenvalue weighted by atomic mass is 32.2. The Morgan fingerprint density at radius 2 is 2.11 bits per heavy atom. The van der Waals surface area contributed by atoms with E-state index >= 15 is 0 Å². The Morgan fingerprint density at radius 1 is 1.36 bits per heavy atom. The van der Waals surface area contributed by atoms with Crippen molar-refractivity contribution in [1.82, 2.24) is 25.0 Å². The largest absolute Gasteiger partial charge is 0.481 e. The van der Waals surface area contributed by atoms with Crippen LogP contribution in [0.15, 0.2) is 5.16 Å². The maximum atomic E-state index is 11.3. The number of anilines is 1. The van der Waals surface area contributed by atoms with Crippen LogP contribution in [0.1, 0.15) is 46.1 Å². The molecule has 1 saturated heterocycles. The van der Waals surface area contributed by atoms with E-state index in [-0.39, 0.29) is 36.4 Å². The van der Waals surface area contributed by atoms with Gasteiger partial charge >= 0.3 is 5.97 Å². The number of hydrogen-bond acceptors (Lipinski definition) is 9. The average molecular weight is 408 g/mol.